The number of aliphatic hydroxyl groups is 1. The molecular formula is C25H21F3N4O4S. The summed E-state index contributed by atoms with van der Waals surface area (Å²) in [5.74, 6) is 0.0628. The van der Waals surface area contributed by atoms with Crippen molar-refractivity contribution >= 4 is 15.7 Å². The number of benzene rings is 3. The number of sulfonamides is 1. The van der Waals surface area contributed by atoms with Crippen molar-refractivity contribution < 1.29 is 31.4 Å². The van der Waals surface area contributed by atoms with E-state index in [-0.39, 0.29) is 23.8 Å². The first-order chi connectivity index (χ1) is 17.6. The molecule has 4 aromatic rings. The first-order valence-corrected chi connectivity index (χ1v) is 12.7. The average Bonchev–Trinajstić information content (AvgIpc) is 3.34. The summed E-state index contributed by atoms with van der Waals surface area (Å²) in [6.07, 6.45) is 1.33. The summed E-state index contributed by atoms with van der Waals surface area (Å²) < 4.78 is 71.1. The second kappa shape index (κ2) is 9.52. The van der Waals surface area contributed by atoms with Gasteiger partial charge in [-0.1, -0.05) is 53.7 Å². The molecule has 1 aliphatic heterocycles. The normalized spacial score (nSPS) is 17.6. The number of para-hydroxylation sites is 2. The summed E-state index contributed by atoms with van der Waals surface area (Å²) in [7, 11) is -5.59. The number of nitrogens with one attached hydrogen (secondary N) is 1. The lowest BCUT2D eigenvalue weighted by molar-refractivity contribution is -0.0429. The van der Waals surface area contributed by atoms with Crippen LogP contribution in [0.15, 0.2) is 79.0 Å². The Kier molecular flexibility index (Phi) is 6.38. The van der Waals surface area contributed by atoms with Crippen molar-refractivity contribution in [2.75, 3.05) is 11.3 Å². The molecule has 1 aromatic heterocycles. The van der Waals surface area contributed by atoms with Crippen molar-refractivity contribution in [3.8, 4) is 22.6 Å². The van der Waals surface area contributed by atoms with Crippen molar-refractivity contribution in [1.29, 1.82) is 0 Å². The average molecular weight is 531 g/mol. The maximum atomic E-state index is 12.9. The van der Waals surface area contributed by atoms with Crippen LogP contribution in [-0.2, 0) is 16.4 Å². The van der Waals surface area contributed by atoms with Crippen LogP contribution in [0.1, 0.15) is 17.4 Å². The Labute approximate surface area is 210 Å². The molecular weight excluding hydrogens is 509 g/mol. The lowest BCUT2D eigenvalue weighted by Crippen LogP contribution is -2.30. The fraction of sp³-hybridized carbons (Fsp3) is 0.200. The number of aromatic nitrogens is 3. The van der Waals surface area contributed by atoms with E-state index in [1.54, 1.807) is 39.9 Å². The Bertz CT molecular complexity index is 1520. The van der Waals surface area contributed by atoms with E-state index in [1.807, 2.05) is 30.3 Å². The van der Waals surface area contributed by atoms with E-state index in [0.29, 0.717) is 29.0 Å². The maximum Gasteiger partial charge on any atom is 0.516 e. The summed E-state index contributed by atoms with van der Waals surface area (Å²) in [6, 6.07) is 20.0. The summed E-state index contributed by atoms with van der Waals surface area (Å²) in [6.45, 7) is 0.179. The number of hydrogen-bond acceptors (Lipinski definition) is 6. The number of anilines is 1. The molecule has 192 valence electrons. The van der Waals surface area contributed by atoms with Gasteiger partial charge in [0.05, 0.1) is 36.0 Å². The van der Waals surface area contributed by atoms with Gasteiger partial charge in [-0.15, -0.1) is 5.10 Å². The van der Waals surface area contributed by atoms with Crippen LogP contribution in [0.5, 0.6) is 5.75 Å². The Morgan fingerprint density at radius 1 is 1.05 bits per heavy atom. The van der Waals surface area contributed by atoms with Crippen LogP contribution in [0.3, 0.4) is 0 Å². The smallest absolute Gasteiger partial charge is 0.493 e. The third-order valence-electron chi connectivity index (χ3n) is 6.05. The molecule has 0 bridgehead atoms. The van der Waals surface area contributed by atoms with E-state index in [0.717, 1.165) is 5.69 Å². The SMILES string of the molecule is O=S(=O)(Nc1ccccc1-c1ccc2c(c1)OC[C@H](Cc1cn(-c3ccccc3)nn1)[C@H]2O)C(F)(F)F. The number of halogens is 3. The Morgan fingerprint density at radius 3 is 2.54 bits per heavy atom. The van der Waals surface area contributed by atoms with Crippen LogP contribution in [0.4, 0.5) is 18.9 Å². The Hall–Kier alpha value is -3.90. The van der Waals surface area contributed by atoms with Gasteiger partial charge in [0.15, 0.2) is 0 Å². The van der Waals surface area contributed by atoms with Crippen molar-refractivity contribution in [2.24, 2.45) is 5.92 Å². The second-order valence-corrected chi connectivity index (χ2v) is 10.2. The van der Waals surface area contributed by atoms with Gasteiger partial charge in [0.25, 0.3) is 0 Å². The van der Waals surface area contributed by atoms with Crippen LogP contribution in [0.25, 0.3) is 16.8 Å². The zero-order valence-corrected chi connectivity index (χ0v) is 19.9. The third kappa shape index (κ3) is 5.02. The number of aliphatic hydroxyl groups excluding tert-OH is 1. The summed E-state index contributed by atoms with van der Waals surface area (Å²) in [4.78, 5) is 0. The minimum absolute atomic E-state index is 0.179. The maximum absolute atomic E-state index is 12.9. The monoisotopic (exact) mass is 530 g/mol. The van der Waals surface area contributed by atoms with Crippen LogP contribution in [0.2, 0.25) is 0 Å². The molecule has 0 unspecified atom stereocenters. The van der Waals surface area contributed by atoms with Gasteiger partial charge in [0.1, 0.15) is 5.75 Å². The standard InChI is InChI=1S/C25H21F3N4O4S/c26-25(27,28)37(34,35)30-22-9-5-4-8-20(22)16-10-11-21-23(13-16)36-15-17(24(21)33)12-18-14-32(31-29-18)19-6-2-1-3-7-19/h1-11,13-14,17,24,30,33H,12,15H2/t17-,24+/m0/s1. The lowest BCUT2D eigenvalue weighted by Gasteiger charge is -2.30. The number of hydrogen-bond donors (Lipinski definition) is 2. The van der Waals surface area contributed by atoms with Gasteiger partial charge < -0.3 is 9.84 Å². The van der Waals surface area contributed by atoms with Crippen LogP contribution < -0.4 is 9.46 Å². The number of fused-ring (bicyclic) bond motifs is 1. The van der Waals surface area contributed by atoms with E-state index in [1.165, 1.54) is 18.2 Å². The number of rotatable bonds is 6. The molecule has 37 heavy (non-hydrogen) atoms. The number of nitrogens with zero attached hydrogens (tertiary/aromatic N) is 3. The zero-order valence-electron chi connectivity index (χ0n) is 19.1. The van der Waals surface area contributed by atoms with Gasteiger partial charge in [0, 0.05) is 23.5 Å². The molecule has 2 atom stereocenters. The van der Waals surface area contributed by atoms with Gasteiger partial charge in [-0.05, 0) is 29.8 Å². The fourth-order valence-electron chi connectivity index (χ4n) is 4.18. The largest absolute Gasteiger partial charge is 0.516 e. The molecule has 0 spiro atoms. The lowest BCUT2D eigenvalue weighted by atomic mass is 9.88. The molecule has 8 nitrogen and oxygen atoms in total. The van der Waals surface area contributed by atoms with Gasteiger partial charge in [-0.25, -0.2) is 4.68 Å². The fourth-order valence-corrected chi connectivity index (χ4v) is 4.76. The first-order valence-electron chi connectivity index (χ1n) is 11.2. The molecule has 12 heteroatoms. The third-order valence-corrected chi connectivity index (χ3v) is 7.15. The predicted octanol–water partition coefficient (Wildman–Crippen LogP) is 4.48. The van der Waals surface area contributed by atoms with E-state index < -0.39 is 21.6 Å². The van der Waals surface area contributed by atoms with E-state index in [4.69, 9.17) is 4.74 Å². The van der Waals surface area contributed by atoms with Gasteiger partial charge >= 0.3 is 15.5 Å². The summed E-state index contributed by atoms with van der Waals surface area (Å²) in [5.41, 5.74) is -2.96. The summed E-state index contributed by atoms with van der Waals surface area (Å²) >= 11 is 0. The predicted molar refractivity (Wildman–Crippen MR) is 129 cm³/mol. The highest BCUT2D eigenvalue weighted by atomic mass is 32.2. The molecule has 5 rings (SSSR count). The molecule has 0 aliphatic carbocycles. The van der Waals surface area contributed by atoms with E-state index >= 15 is 0 Å². The van der Waals surface area contributed by atoms with Crippen molar-refractivity contribution in [3.63, 3.8) is 0 Å². The molecule has 0 saturated heterocycles. The zero-order chi connectivity index (χ0) is 26.2. The van der Waals surface area contributed by atoms with Crippen LogP contribution >= 0.6 is 0 Å². The Balaban J connectivity index is 1.36. The van der Waals surface area contributed by atoms with E-state index in [2.05, 4.69) is 10.3 Å². The topological polar surface area (TPSA) is 106 Å². The number of alkyl halides is 3. The number of ether oxygens (including phenoxy) is 1. The molecule has 2 heterocycles. The molecule has 0 fully saturated rings. The highest BCUT2D eigenvalue weighted by Gasteiger charge is 2.46. The molecule has 1 aliphatic rings. The molecule has 2 N–H and O–H groups in total. The quantitative estimate of drug-likeness (QED) is 0.381. The molecule has 0 amide bonds. The van der Waals surface area contributed by atoms with Crippen molar-refractivity contribution in [3.05, 3.63) is 90.3 Å². The van der Waals surface area contributed by atoms with Gasteiger partial charge in [-0.3, -0.25) is 4.72 Å². The highest BCUT2D eigenvalue weighted by molar-refractivity contribution is 7.93. The molecule has 0 saturated carbocycles. The summed E-state index contributed by atoms with van der Waals surface area (Å²) in [5, 5.41) is 19.4. The van der Waals surface area contributed by atoms with Crippen molar-refractivity contribution in [2.45, 2.75) is 18.0 Å². The molecule has 3 aromatic carbocycles. The first kappa shape index (κ1) is 24.8. The Morgan fingerprint density at radius 2 is 1.78 bits per heavy atom. The van der Waals surface area contributed by atoms with Crippen LogP contribution in [-0.4, -0.2) is 40.6 Å². The highest BCUT2D eigenvalue weighted by Crippen LogP contribution is 2.41. The van der Waals surface area contributed by atoms with Crippen molar-refractivity contribution in [1.82, 2.24) is 15.0 Å². The molecule has 0 radical (unpaired) electrons. The van der Waals surface area contributed by atoms with E-state index in [9.17, 15) is 26.7 Å². The van der Waals surface area contributed by atoms with Gasteiger partial charge in [-0.2, -0.15) is 21.6 Å². The minimum atomic E-state index is -5.59. The van der Waals surface area contributed by atoms with Crippen LogP contribution in [0, 0.1) is 5.92 Å². The minimum Gasteiger partial charge on any atom is -0.493 e. The van der Waals surface area contributed by atoms with Gasteiger partial charge in [0.2, 0.25) is 0 Å². The second-order valence-electron chi connectivity index (χ2n) is 8.56.